The molecule has 0 bridgehead atoms. The Morgan fingerprint density at radius 2 is 1.36 bits per heavy atom. The molecule has 2 aromatic rings. The number of hydrogen-bond donors (Lipinski definition) is 8. The van der Waals surface area contributed by atoms with E-state index in [1.165, 1.54) is 11.8 Å². The molecule has 4 atom stereocenters. The van der Waals surface area contributed by atoms with Crippen LogP contribution in [0.15, 0.2) is 35.5 Å². The molecule has 24 nitrogen and oxygen atoms in total. The van der Waals surface area contributed by atoms with Gasteiger partial charge in [-0.05, 0) is 61.8 Å². The van der Waals surface area contributed by atoms with Gasteiger partial charge in [0.1, 0.15) is 24.2 Å². The van der Waals surface area contributed by atoms with Crippen LogP contribution in [0.25, 0.3) is 10.9 Å². The SMILES string of the molecule is CSCC[C@H](NC(=O)[C@H](Cc1c[nH]c2ccccc12)NC(=O)[C@H](CC(C)C)NC(=O)CN1CCN2CC(=O)O[C-]2CN2CC(=O)O[C-]2CN2CC(=O)O[C-]2C1)C(=O)N[C@@H](CCCN=C(N)N)C(=O)O.[Eu]. The topological polar surface area (TPSA) is 326 Å². The predicted molar refractivity (Wildman–Crippen MR) is 249 cm³/mol. The number of aliphatic imine (C=N–C) groups is 1. The molecule has 4 aliphatic rings. The Morgan fingerprint density at radius 3 is 1.99 bits per heavy atom. The molecule has 70 heavy (non-hydrogen) atoms. The van der Waals surface area contributed by atoms with Crippen molar-refractivity contribution in [3.63, 3.8) is 0 Å². The van der Waals surface area contributed by atoms with E-state index in [0.717, 1.165) is 10.9 Å². The van der Waals surface area contributed by atoms with Crippen molar-refractivity contribution in [3.05, 3.63) is 54.7 Å². The number of guanidine groups is 1. The summed E-state index contributed by atoms with van der Waals surface area (Å²) in [5.41, 5.74) is 12.2. The summed E-state index contributed by atoms with van der Waals surface area (Å²) in [6, 6.07) is 2.49. The summed E-state index contributed by atoms with van der Waals surface area (Å²) in [6.07, 6.45) is 4.85. The van der Waals surface area contributed by atoms with Crippen molar-refractivity contribution >= 4 is 76.1 Å². The molecular formula is C44H61EuN12O12S-3. The van der Waals surface area contributed by atoms with Gasteiger partial charge in [-0.1, -0.05) is 57.3 Å². The van der Waals surface area contributed by atoms with Crippen LogP contribution in [0.5, 0.6) is 0 Å². The van der Waals surface area contributed by atoms with Gasteiger partial charge < -0.3 is 76.6 Å². The van der Waals surface area contributed by atoms with Crippen LogP contribution in [0.2, 0.25) is 0 Å². The van der Waals surface area contributed by atoms with Crippen molar-refractivity contribution in [2.45, 2.75) is 70.1 Å². The van der Waals surface area contributed by atoms with Crippen LogP contribution in [0.1, 0.15) is 45.1 Å². The number of ether oxygens (including phenoxy) is 3. The monoisotopic (exact) mass is 1130 g/mol. The van der Waals surface area contributed by atoms with Crippen LogP contribution in [0, 0.1) is 74.0 Å². The van der Waals surface area contributed by atoms with Crippen molar-refractivity contribution < 1.29 is 107 Å². The standard InChI is InChI=1S/C44H61N12O12S.Eu/c1-25(2)15-31(49-33(57)18-53-12-13-54-22-37(58)67-35(54)20-56-24-39(60)68-36(56)21-55-23-38(59)66-34(55)19-53)41(62)52-32(16-26-17-48-28-8-5-4-7-27(26)28)42(63)50-29(10-14-69-3)40(61)51-30(43(64)65)9-6-11-47-44(45)46;/h4-5,7-8,17,25,29-32,48H,6,9-16,18-24H2,1-3H3,(H,49,57)(H,50,63)(H,51,61)(H,52,62)(H,64,65)(H4,45,46,47);/q-3;/t29-,30-,31-,32-;/m0./s1. The number of para-hydroxylation sites is 1. The molecule has 26 heteroatoms. The minimum Gasteiger partial charge on any atom is -0.617 e. The summed E-state index contributed by atoms with van der Waals surface area (Å²) < 4.78 is 16.6. The zero-order valence-corrected chi connectivity index (χ0v) is 42.4. The average molecular weight is 1130 g/mol. The van der Waals surface area contributed by atoms with Crippen molar-refractivity contribution in [2.24, 2.45) is 22.4 Å². The van der Waals surface area contributed by atoms with Crippen molar-refractivity contribution in [2.75, 3.05) is 77.5 Å². The van der Waals surface area contributed by atoms with Crippen LogP contribution < -0.4 is 32.7 Å². The first-order valence-corrected chi connectivity index (χ1v) is 24.0. The Balaban J connectivity index is 0.00000913. The fourth-order valence-electron chi connectivity index (χ4n) is 8.26. The molecule has 1 aromatic carbocycles. The van der Waals surface area contributed by atoms with Crippen molar-refractivity contribution in [1.82, 2.24) is 45.9 Å². The normalized spacial score (nSPS) is 19.4. The fraction of sp³-hybridized carbons (Fsp3) is 0.545. The molecular weight excluding hydrogens is 1070 g/mol. The maximum Gasteiger partial charge on any atom is 0.326 e. The number of carbonyl (C=O) groups is 8. The van der Waals surface area contributed by atoms with E-state index in [0.29, 0.717) is 17.5 Å². The van der Waals surface area contributed by atoms with Crippen LogP contribution in [-0.2, 0) is 59.0 Å². The molecule has 0 saturated carbocycles. The van der Waals surface area contributed by atoms with Gasteiger partial charge in [-0.15, -0.1) is 13.1 Å². The molecule has 5 heterocycles. The number of benzene rings is 1. The number of rotatable bonds is 21. The Morgan fingerprint density at radius 1 is 0.786 bits per heavy atom. The van der Waals surface area contributed by atoms with Gasteiger partial charge in [0.15, 0.2) is 5.96 Å². The second-order valence-corrected chi connectivity index (χ2v) is 18.5. The van der Waals surface area contributed by atoms with Gasteiger partial charge in [-0.3, -0.25) is 38.6 Å². The molecule has 4 amide bonds. The van der Waals surface area contributed by atoms with Gasteiger partial charge in [0, 0.05) is 86.0 Å². The number of hydrogen-bond acceptors (Lipinski definition) is 17. The Bertz CT molecular complexity index is 2230. The smallest absolute Gasteiger partial charge is 0.326 e. The van der Waals surface area contributed by atoms with E-state index in [1.807, 2.05) is 44.4 Å². The Kier molecular flexibility index (Phi) is 21.7. The molecule has 0 aliphatic carbocycles. The molecule has 1 radical (unpaired) electrons. The number of aromatic nitrogens is 1. The van der Waals surface area contributed by atoms with Crippen molar-refractivity contribution in [1.29, 1.82) is 0 Å². The Hall–Kier alpha value is -4.44. The fourth-order valence-corrected chi connectivity index (χ4v) is 8.73. The van der Waals surface area contributed by atoms with E-state index in [2.05, 4.69) is 31.2 Å². The molecule has 1 aromatic heterocycles. The molecule has 0 spiro atoms. The summed E-state index contributed by atoms with van der Waals surface area (Å²) in [6.45, 7) is 3.70. The van der Waals surface area contributed by atoms with Crippen LogP contribution in [0.3, 0.4) is 0 Å². The molecule has 4 aliphatic heterocycles. The second-order valence-electron chi connectivity index (χ2n) is 17.5. The predicted octanol–water partition coefficient (Wildman–Crippen LogP) is -2.05. The zero-order valence-electron chi connectivity index (χ0n) is 39.2. The molecule has 4 saturated heterocycles. The van der Waals surface area contributed by atoms with E-state index < -0.39 is 71.7 Å². The minimum atomic E-state index is -1.30. The third kappa shape index (κ3) is 16.3. The van der Waals surface area contributed by atoms with E-state index >= 15 is 0 Å². The number of carboxylic acid groups (broad SMARTS) is 1. The average Bonchev–Trinajstić information content (AvgIpc) is 4.05. The van der Waals surface area contributed by atoms with Gasteiger partial charge in [0.05, 0.1) is 26.2 Å². The van der Waals surface area contributed by atoms with Crippen LogP contribution in [-0.4, -0.2) is 185 Å². The summed E-state index contributed by atoms with van der Waals surface area (Å²) in [5, 5.41) is 21.7. The number of amides is 4. The number of nitrogens with zero attached hydrogens (tertiary/aromatic N) is 5. The largest absolute Gasteiger partial charge is 0.617 e. The molecule has 385 valence electrons. The minimum absolute atomic E-state index is 0. The number of H-pyrrole nitrogens is 1. The van der Waals surface area contributed by atoms with Gasteiger partial charge in [0.2, 0.25) is 23.6 Å². The summed E-state index contributed by atoms with van der Waals surface area (Å²) in [4.78, 5) is 120. The third-order valence-corrected chi connectivity index (χ3v) is 12.3. The summed E-state index contributed by atoms with van der Waals surface area (Å²) in [5.74, 6) is -5.35. The Labute approximate surface area is 450 Å². The number of carbonyl (C=O) groups excluding carboxylic acids is 7. The maximum atomic E-state index is 14.4. The zero-order chi connectivity index (χ0) is 49.8. The van der Waals surface area contributed by atoms with Gasteiger partial charge in [0.25, 0.3) is 17.9 Å². The van der Waals surface area contributed by atoms with Crippen molar-refractivity contribution in [3.8, 4) is 0 Å². The number of thioether (sulfide) groups is 1. The maximum absolute atomic E-state index is 14.4. The number of nitrogens with one attached hydrogen (secondary N) is 5. The summed E-state index contributed by atoms with van der Waals surface area (Å²) in [7, 11) is 0. The number of nitrogens with two attached hydrogens (primary N) is 2. The third-order valence-electron chi connectivity index (χ3n) is 11.7. The van der Waals surface area contributed by atoms with E-state index in [-0.39, 0.29) is 171 Å². The van der Waals surface area contributed by atoms with Gasteiger partial charge in [-0.25, -0.2) is 4.79 Å². The van der Waals surface area contributed by atoms with Crippen LogP contribution >= 0.6 is 11.8 Å². The number of esters is 3. The number of fused-ring (bicyclic) bond motifs is 4. The van der Waals surface area contributed by atoms with Crippen LogP contribution in [0.4, 0.5) is 0 Å². The van der Waals surface area contributed by atoms with E-state index in [4.69, 9.17) is 25.7 Å². The first-order chi connectivity index (χ1) is 33.0. The van der Waals surface area contributed by atoms with E-state index in [9.17, 15) is 43.5 Å². The second kappa shape index (κ2) is 26.9. The molecule has 6 rings (SSSR count). The first-order valence-electron chi connectivity index (χ1n) is 22.7. The molecule has 4 fully saturated rings. The van der Waals surface area contributed by atoms with Gasteiger partial charge >= 0.3 is 5.97 Å². The molecule has 0 unspecified atom stereocenters. The summed E-state index contributed by atoms with van der Waals surface area (Å²) >= 11 is 1.42. The van der Waals surface area contributed by atoms with Gasteiger partial charge in [-0.2, -0.15) is 11.8 Å². The quantitative estimate of drug-likeness (QED) is 0.0167. The molecule has 10 N–H and O–H groups in total. The first kappa shape index (κ1) is 56.5. The number of carboxylic acids is 1. The van der Waals surface area contributed by atoms with E-state index in [1.54, 1.807) is 25.8 Å². The number of aromatic amines is 1. The number of aliphatic carboxylic acids is 1.